The number of para-hydroxylation sites is 1. The van der Waals surface area contributed by atoms with Crippen molar-refractivity contribution in [1.82, 2.24) is 10.1 Å². The van der Waals surface area contributed by atoms with E-state index in [1.807, 2.05) is 17.5 Å². The summed E-state index contributed by atoms with van der Waals surface area (Å²) in [4.78, 5) is 17.3. The molecule has 0 atom stereocenters. The van der Waals surface area contributed by atoms with Gasteiger partial charge in [0.2, 0.25) is 17.6 Å². The molecule has 0 saturated heterocycles. The van der Waals surface area contributed by atoms with Crippen LogP contribution < -0.4 is 5.32 Å². The summed E-state index contributed by atoms with van der Waals surface area (Å²) in [5.41, 5.74) is 0.264. The second kappa shape index (κ2) is 7.16. The molecule has 25 heavy (non-hydrogen) atoms. The summed E-state index contributed by atoms with van der Waals surface area (Å²) in [7, 11) is -3.42. The van der Waals surface area contributed by atoms with Crippen LogP contribution in [-0.2, 0) is 21.1 Å². The van der Waals surface area contributed by atoms with E-state index in [1.54, 1.807) is 18.2 Å². The van der Waals surface area contributed by atoms with Gasteiger partial charge in [-0.3, -0.25) is 4.79 Å². The van der Waals surface area contributed by atoms with Gasteiger partial charge in [-0.25, -0.2) is 8.42 Å². The fourth-order valence-corrected chi connectivity index (χ4v) is 3.68. The molecular formula is C16H15N3O4S2. The molecule has 0 bridgehead atoms. The first-order chi connectivity index (χ1) is 11.9. The number of carbonyl (C=O) groups excluding carboxylic acids is 1. The number of nitrogens with zero attached hydrogens (tertiary/aromatic N) is 2. The maximum absolute atomic E-state index is 12.1. The lowest BCUT2D eigenvalue weighted by Gasteiger charge is -2.09. The molecule has 7 nitrogen and oxygen atoms in total. The predicted octanol–water partition coefficient (Wildman–Crippen LogP) is 2.77. The standard InChI is InChI=1S/C16H15N3O4S2/c1-25(21,22)13-7-3-2-5-11(13)17-14(20)8-9-15-18-16(19-23-15)12-6-4-10-24-12/h2-7,10H,8-9H2,1H3,(H,17,20). The molecule has 0 aliphatic carbocycles. The van der Waals surface area contributed by atoms with Crippen LogP contribution in [0.15, 0.2) is 51.2 Å². The predicted molar refractivity (Wildman–Crippen MR) is 94.1 cm³/mol. The van der Waals surface area contributed by atoms with Crippen molar-refractivity contribution in [3.63, 3.8) is 0 Å². The van der Waals surface area contributed by atoms with Crippen LogP contribution in [0.4, 0.5) is 5.69 Å². The average Bonchev–Trinajstić information content (AvgIpc) is 3.24. The van der Waals surface area contributed by atoms with Crippen molar-refractivity contribution in [3.8, 4) is 10.7 Å². The summed E-state index contributed by atoms with van der Waals surface area (Å²) in [6, 6.07) is 10.1. The molecule has 0 fully saturated rings. The third-order valence-electron chi connectivity index (χ3n) is 3.34. The summed E-state index contributed by atoms with van der Waals surface area (Å²) in [5.74, 6) is 0.523. The number of sulfone groups is 1. The van der Waals surface area contributed by atoms with Crippen molar-refractivity contribution in [2.45, 2.75) is 17.7 Å². The SMILES string of the molecule is CS(=O)(=O)c1ccccc1NC(=O)CCc1nc(-c2cccs2)no1. The highest BCUT2D eigenvalue weighted by molar-refractivity contribution is 7.90. The van der Waals surface area contributed by atoms with Gasteiger partial charge in [0.15, 0.2) is 9.84 Å². The first kappa shape index (κ1) is 17.3. The molecule has 0 aliphatic rings. The summed E-state index contributed by atoms with van der Waals surface area (Å²) in [5, 5.41) is 8.41. The number of benzene rings is 1. The van der Waals surface area contributed by atoms with Crippen LogP contribution in [0.3, 0.4) is 0 Å². The molecule has 0 spiro atoms. The van der Waals surface area contributed by atoms with E-state index in [-0.39, 0.29) is 29.3 Å². The number of rotatable bonds is 6. The van der Waals surface area contributed by atoms with Gasteiger partial charge in [0.05, 0.1) is 15.5 Å². The molecule has 3 rings (SSSR count). The number of hydrogen-bond acceptors (Lipinski definition) is 7. The Hall–Kier alpha value is -2.52. The van der Waals surface area contributed by atoms with E-state index >= 15 is 0 Å². The number of hydrogen-bond donors (Lipinski definition) is 1. The zero-order valence-electron chi connectivity index (χ0n) is 13.3. The lowest BCUT2D eigenvalue weighted by atomic mass is 10.2. The van der Waals surface area contributed by atoms with Crippen molar-refractivity contribution < 1.29 is 17.7 Å². The monoisotopic (exact) mass is 377 g/mol. The zero-order chi connectivity index (χ0) is 17.9. The van der Waals surface area contributed by atoms with Gasteiger partial charge in [-0.15, -0.1) is 11.3 Å². The topological polar surface area (TPSA) is 102 Å². The highest BCUT2D eigenvalue weighted by atomic mass is 32.2. The molecule has 2 heterocycles. The van der Waals surface area contributed by atoms with E-state index in [2.05, 4.69) is 15.5 Å². The second-order valence-electron chi connectivity index (χ2n) is 5.31. The van der Waals surface area contributed by atoms with E-state index in [1.165, 1.54) is 17.4 Å². The highest BCUT2D eigenvalue weighted by Gasteiger charge is 2.15. The average molecular weight is 377 g/mol. The maximum atomic E-state index is 12.1. The summed E-state index contributed by atoms with van der Waals surface area (Å²) >= 11 is 1.50. The summed E-state index contributed by atoms with van der Waals surface area (Å²) < 4.78 is 28.6. The normalized spacial score (nSPS) is 11.4. The molecule has 2 aromatic heterocycles. The Labute approximate surface area is 148 Å². The Morgan fingerprint density at radius 3 is 2.76 bits per heavy atom. The van der Waals surface area contributed by atoms with Crippen molar-refractivity contribution in [3.05, 3.63) is 47.7 Å². The Morgan fingerprint density at radius 1 is 1.24 bits per heavy atom. The van der Waals surface area contributed by atoms with Crippen LogP contribution in [0.5, 0.6) is 0 Å². The quantitative estimate of drug-likeness (QED) is 0.709. The van der Waals surface area contributed by atoms with Crippen LogP contribution >= 0.6 is 11.3 Å². The highest BCUT2D eigenvalue weighted by Crippen LogP contribution is 2.22. The van der Waals surface area contributed by atoms with Gasteiger partial charge >= 0.3 is 0 Å². The number of thiophene rings is 1. The molecule has 1 N–H and O–H groups in total. The van der Waals surface area contributed by atoms with Crippen molar-refractivity contribution >= 4 is 32.8 Å². The van der Waals surface area contributed by atoms with Crippen molar-refractivity contribution in [2.24, 2.45) is 0 Å². The number of amides is 1. The minimum absolute atomic E-state index is 0.0844. The van der Waals surface area contributed by atoms with Gasteiger partial charge in [-0.1, -0.05) is 23.4 Å². The maximum Gasteiger partial charge on any atom is 0.227 e. The minimum atomic E-state index is -3.42. The van der Waals surface area contributed by atoms with Crippen molar-refractivity contribution in [2.75, 3.05) is 11.6 Å². The third kappa shape index (κ3) is 4.31. The number of aryl methyl sites for hydroxylation is 1. The van der Waals surface area contributed by atoms with Gasteiger partial charge in [0.25, 0.3) is 0 Å². The largest absolute Gasteiger partial charge is 0.339 e. The second-order valence-corrected chi connectivity index (χ2v) is 8.24. The lowest BCUT2D eigenvalue weighted by Crippen LogP contribution is -2.15. The van der Waals surface area contributed by atoms with E-state index in [0.717, 1.165) is 11.1 Å². The van der Waals surface area contributed by atoms with Gasteiger partial charge < -0.3 is 9.84 Å². The number of aromatic nitrogens is 2. The Kier molecular flexibility index (Phi) is 4.95. The molecule has 9 heteroatoms. The fourth-order valence-electron chi connectivity index (χ4n) is 2.19. The number of anilines is 1. The van der Waals surface area contributed by atoms with Gasteiger partial charge in [-0.2, -0.15) is 4.98 Å². The van der Waals surface area contributed by atoms with E-state index in [9.17, 15) is 13.2 Å². The lowest BCUT2D eigenvalue weighted by molar-refractivity contribution is -0.116. The van der Waals surface area contributed by atoms with E-state index < -0.39 is 9.84 Å². The summed E-state index contributed by atoms with van der Waals surface area (Å²) in [6.45, 7) is 0. The fraction of sp³-hybridized carbons (Fsp3) is 0.188. The van der Waals surface area contributed by atoms with E-state index in [0.29, 0.717) is 11.7 Å². The molecule has 3 aromatic rings. The Bertz CT molecular complexity index is 978. The molecular weight excluding hydrogens is 362 g/mol. The molecule has 1 amide bonds. The first-order valence-electron chi connectivity index (χ1n) is 7.39. The molecule has 0 saturated carbocycles. The van der Waals surface area contributed by atoms with Crippen LogP contribution in [0.1, 0.15) is 12.3 Å². The smallest absolute Gasteiger partial charge is 0.227 e. The molecule has 0 aliphatic heterocycles. The van der Waals surface area contributed by atoms with Crippen LogP contribution in [-0.4, -0.2) is 30.7 Å². The molecule has 0 unspecified atom stereocenters. The first-order valence-corrected chi connectivity index (χ1v) is 10.2. The van der Waals surface area contributed by atoms with Crippen LogP contribution in [0.25, 0.3) is 10.7 Å². The van der Waals surface area contributed by atoms with Crippen molar-refractivity contribution in [1.29, 1.82) is 0 Å². The Morgan fingerprint density at radius 2 is 2.04 bits per heavy atom. The number of carbonyl (C=O) groups is 1. The minimum Gasteiger partial charge on any atom is -0.339 e. The number of nitrogens with one attached hydrogen (secondary N) is 1. The zero-order valence-corrected chi connectivity index (χ0v) is 14.9. The van der Waals surface area contributed by atoms with Crippen LogP contribution in [0.2, 0.25) is 0 Å². The third-order valence-corrected chi connectivity index (χ3v) is 5.36. The van der Waals surface area contributed by atoms with Gasteiger partial charge in [0, 0.05) is 19.1 Å². The summed E-state index contributed by atoms with van der Waals surface area (Å²) in [6.07, 6.45) is 1.47. The van der Waals surface area contributed by atoms with Crippen LogP contribution in [0, 0.1) is 0 Å². The van der Waals surface area contributed by atoms with E-state index in [4.69, 9.17) is 4.52 Å². The molecule has 0 radical (unpaired) electrons. The Balaban J connectivity index is 1.63. The molecule has 1 aromatic carbocycles. The van der Waals surface area contributed by atoms with Gasteiger partial charge in [0.1, 0.15) is 0 Å². The van der Waals surface area contributed by atoms with Gasteiger partial charge in [-0.05, 0) is 23.6 Å². The molecule has 130 valence electrons.